The summed E-state index contributed by atoms with van der Waals surface area (Å²) >= 11 is 5.21. The number of anilines is 2. The van der Waals surface area contributed by atoms with Gasteiger partial charge in [0, 0.05) is 30.9 Å². The van der Waals surface area contributed by atoms with Gasteiger partial charge < -0.3 is 20.3 Å². The van der Waals surface area contributed by atoms with Gasteiger partial charge in [-0.1, -0.05) is 18.2 Å². The topological polar surface area (TPSA) is 53.6 Å². The fraction of sp³-hybridized carbons (Fsp3) is 0.333. The fourth-order valence-corrected chi connectivity index (χ4v) is 2.87. The van der Waals surface area contributed by atoms with E-state index in [2.05, 4.69) is 29.4 Å². The molecule has 5 nitrogen and oxygen atoms in total. The van der Waals surface area contributed by atoms with Crippen LogP contribution < -0.4 is 20.3 Å². The molecule has 0 atom stereocenters. The van der Waals surface area contributed by atoms with Gasteiger partial charge in [-0.2, -0.15) is 0 Å². The van der Waals surface area contributed by atoms with Crippen molar-refractivity contribution >= 4 is 34.6 Å². The minimum atomic E-state index is -0.121. The molecule has 2 aromatic carbocycles. The first-order valence-electron chi connectivity index (χ1n) is 9.26. The van der Waals surface area contributed by atoms with Crippen LogP contribution in [0.2, 0.25) is 0 Å². The van der Waals surface area contributed by atoms with Crippen LogP contribution >= 0.6 is 12.2 Å². The van der Waals surface area contributed by atoms with E-state index in [1.807, 2.05) is 54.6 Å². The summed E-state index contributed by atoms with van der Waals surface area (Å²) in [7, 11) is 0. The maximum Gasteiger partial charge on any atom is 0.226 e. The van der Waals surface area contributed by atoms with E-state index in [0.29, 0.717) is 24.6 Å². The van der Waals surface area contributed by atoms with E-state index in [0.717, 1.165) is 24.5 Å². The second-order valence-corrected chi connectivity index (χ2v) is 6.39. The molecule has 0 unspecified atom stereocenters. The standard InChI is InChI=1S/C21H27N3O2S/c1-3-24(4-2)18-14-12-17(13-15-18)22-21(27)23-20(25)11-8-16-26-19-9-6-5-7-10-19/h5-7,9-10,12-15H,3-4,8,11,16H2,1-2H3,(H2,22,23,25,27). The first-order valence-corrected chi connectivity index (χ1v) is 9.67. The van der Waals surface area contributed by atoms with Crippen LogP contribution in [0.1, 0.15) is 26.7 Å². The molecule has 0 heterocycles. The van der Waals surface area contributed by atoms with Crippen molar-refractivity contribution in [3.63, 3.8) is 0 Å². The lowest BCUT2D eigenvalue weighted by molar-refractivity contribution is -0.119. The molecular formula is C21H27N3O2S. The van der Waals surface area contributed by atoms with Gasteiger partial charge in [-0.05, 0) is 68.9 Å². The maximum atomic E-state index is 12.0. The smallest absolute Gasteiger partial charge is 0.226 e. The Morgan fingerprint density at radius 3 is 2.33 bits per heavy atom. The number of hydrogen-bond acceptors (Lipinski definition) is 4. The Hall–Kier alpha value is -2.60. The predicted octanol–water partition coefficient (Wildman–Crippen LogP) is 4.21. The molecule has 0 fully saturated rings. The molecule has 0 aromatic heterocycles. The lowest BCUT2D eigenvalue weighted by atomic mass is 10.2. The third-order valence-electron chi connectivity index (χ3n) is 4.07. The van der Waals surface area contributed by atoms with Gasteiger partial charge in [0.2, 0.25) is 5.91 Å². The van der Waals surface area contributed by atoms with Crippen LogP contribution in [0.5, 0.6) is 5.75 Å². The largest absolute Gasteiger partial charge is 0.494 e. The minimum absolute atomic E-state index is 0.121. The summed E-state index contributed by atoms with van der Waals surface area (Å²) in [6.45, 7) is 6.68. The second-order valence-electron chi connectivity index (χ2n) is 5.99. The van der Waals surface area contributed by atoms with Gasteiger partial charge in [0.1, 0.15) is 5.75 Å². The monoisotopic (exact) mass is 385 g/mol. The summed E-state index contributed by atoms with van der Waals surface area (Å²) in [5.41, 5.74) is 2.02. The van der Waals surface area contributed by atoms with Crippen molar-refractivity contribution in [3.8, 4) is 5.75 Å². The zero-order chi connectivity index (χ0) is 19.5. The Bertz CT molecular complexity index is 716. The Kier molecular flexibility index (Phi) is 8.58. The van der Waals surface area contributed by atoms with Gasteiger partial charge in [0.25, 0.3) is 0 Å². The lowest BCUT2D eigenvalue weighted by Crippen LogP contribution is -2.34. The molecule has 2 rings (SSSR count). The molecule has 0 bridgehead atoms. The number of ether oxygens (including phenoxy) is 1. The SMILES string of the molecule is CCN(CC)c1ccc(NC(=S)NC(=O)CCCOc2ccccc2)cc1. The number of nitrogens with zero attached hydrogens (tertiary/aromatic N) is 1. The van der Waals surface area contributed by atoms with Crippen molar-refractivity contribution in [1.29, 1.82) is 0 Å². The molecule has 0 aliphatic carbocycles. The summed E-state index contributed by atoms with van der Waals surface area (Å²) in [4.78, 5) is 14.2. The van der Waals surface area contributed by atoms with Gasteiger partial charge >= 0.3 is 0 Å². The highest BCUT2D eigenvalue weighted by molar-refractivity contribution is 7.80. The Morgan fingerprint density at radius 2 is 1.70 bits per heavy atom. The summed E-state index contributed by atoms with van der Waals surface area (Å²) in [5, 5.41) is 6.05. The van der Waals surface area contributed by atoms with Gasteiger partial charge in [-0.25, -0.2) is 0 Å². The van der Waals surface area contributed by atoms with E-state index in [1.165, 1.54) is 5.69 Å². The second kappa shape index (κ2) is 11.2. The van der Waals surface area contributed by atoms with Gasteiger partial charge in [0.05, 0.1) is 6.61 Å². The average molecular weight is 386 g/mol. The van der Waals surface area contributed by atoms with Crippen molar-refractivity contribution in [3.05, 3.63) is 54.6 Å². The van der Waals surface area contributed by atoms with Crippen LogP contribution in [0.3, 0.4) is 0 Å². The Labute approximate surface area is 166 Å². The molecule has 0 saturated heterocycles. The normalized spacial score (nSPS) is 10.1. The van der Waals surface area contributed by atoms with E-state index in [4.69, 9.17) is 17.0 Å². The molecule has 2 aromatic rings. The van der Waals surface area contributed by atoms with E-state index in [-0.39, 0.29) is 5.91 Å². The van der Waals surface area contributed by atoms with E-state index >= 15 is 0 Å². The van der Waals surface area contributed by atoms with Crippen LogP contribution in [-0.2, 0) is 4.79 Å². The Balaban J connectivity index is 1.69. The van der Waals surface area contributed by atoms with Crippen LogP contribution in [-0.4, -0.2) is 30.7 Å². The molecule has 2 N–H and O–H groups in total. The molecule has 0 aliphatic rings. The van der Waals surface area contributed by atoms with Gasteiger partial charge in [-0.3, -0.25) is 4.79 Å². The van der Waals surface area contributed by atoms with Gasteiger partial charge in [0.15, 0.2) is 5.11 Å². The van der Waals surface area contributed by atoms with Crippen molar-refractivity contribution in [2.24, 2.45) is 0 Å². The zero-order valence-corrected chi connectivity index (χ0v) is 16.7. The first kappa shape index (κ1) is 20.7. The molecule has 1 amide bonds. The molecule has 6 heteroatoms. The quantitative estimate of drug-likeness (QED) is 0.500. The van der Waals surface area contributed by atoms with E-state index in [9.17, 15) is 4.79 Å². The molecular weight excluding hydrogens is 358 g/mol. The van der Waals surface area contributed by atoms with Crippen molar-refractivity contribution in [1.82, 2.24) is 5.32 Å². The molecule has 0 saturated carbocycles. The van der Waals surface area contributed by atoms with E-state index < -0.39 is 0 Å². The van der Waals surface area contributed by atoms with Crippen LogP contribution in [0.25, 0.3) is 0 Å². The van der Waals surface area contributed by atoms with Crippen LogP contribution in [0.4, 0.5) is 11.4 Å². The highest BCUT2D eigenvalue weighted by Crippen LogP contribution is 2.17. The fourth-order valence-electron chi connectivity index (χ4n) is 2.64. The van der Waals surface area contributed by atoms with Crippen molar-refractivity contribution < 1.29 is 9.53 Å². The Morgan fingerprint density at radius 1 is 1.04 bits per heavy atom. The minimum Gasteiger partial charge on any atom is -0.494 e. The number of amides is 1. The van der Waals surface area contributed by atoms with E-state index in [1.54, 1.807) is 0 Å². The van der Waals surface area contributed by atoms with Gasteiger partial charge in [-0.15, -0.1) is 0 Å². The van der Waals surface area contributed by atoms with Crippen molar-refractivity contribution in [2.45, 2.75) is 26.7 Å². The maximum absolute atomic E-state index is 12.0. The summed E-state index contributed by atoms with van der Waals surface area (Å²) in [6.07, 6.45) is 0.984. The average Bonchev–Trinajstić information content (AvgIpc) is 2.68. The highest BCUT2D eigenvalue weighted by Gasteiger charge is 2.06. The predicted molar refractivity (Wildman–Crippen MR) is 116 cm³/mol. The summed E-state index contributed by atoms with van der Waals surface area (Å²) in [6, 6.07) is 17.6. The first-order chi connectivity index (χ1) is 13.1. The zero-order valence-electron chi connectivity index (χ0n) is 15.9. The molecule has 0 aliphatic heterocycles. The van der Waals surface area contributed by atoms with Crippen LogP contribution in [0.15, 0.2) is 54.6 Å². The summed E-state index contributed by atoms with van der Waals surface area (Å²) in [5.74, 6) is 0.687. The number of carbonyl (C=O) groups excluding carboxylic acids is 1. The van der Waals surface area contributed by atoms with Crippen LogP contribution in [0, 0.1) is 0 Å². The number of carbonyl (C=O) groups is 1. The molecule has 27 heavy (non-hydrogen) atoms. The highest BCUT2D eigenvalue weighted by atomic mass is 32.1. The number of thiocarbonyl (C=S) groups is 1. The summed E-state index contributed by atoms with van der Waals surface area (Å²) < 4.78 is 5.57. The third-order valence-corrected chi connectivity index (χ3v) is 4.27. The molecule has 144 valence electrons. The number of para-hydroxylation sites is 1. The lowest BCUT2D eigenvalue weighted by Gasteiger charge is -2.21. The van der Waals surface area contributed by atoms with Crippen molar-refractivity contribution in [2.75, 3.05) is 29.9 Å². The molecule has 0 spiro atoms. The number of benzene rings is 2. The molecule has 0 radical (unpaired) electrons. The number of rotatable bonds is 9. The number of hydrogen-bond donors (Lipinski definition) is 2. The third kappa shape index (κ3) is 7.27. The number of nitrogens with one attached hydrogen (secondary N) is 2.